The Labute approximate surface area is 99.4 Å². The van der Waals surface area contributed by atoms with Crippen LogP contribution in [0.1, 0.15) is 30.6 Å². The largest absolute Gasteiger partial charge is 0.386 e. The summed E-state index contributed by atoms with van der Waals surface area (Å²) in [5.74, 6) is 0. The fourth-order valence-corrected chi connectivity index (χ4v) is 1.86. The first-order valence-corrected chi connectivity index (χ1v) is 5.96. The number of halogens is 1. The van der Waals surface area contributed by atoms with Gasteiger partial charge in [-0.1, -0.05) is 40.5 Å². The van der Waals surface area contributed by atoms with Crippen molar-refractivity contribution in [3.8, 4) is 0 Å². The van der Waals surface area contributed by atoms with Gasteiger partial charge in [0.1, 0.15) is 6.10 Å². The predicted octanol–water partition coefficient (Wildman–Crippen LogP) is 3.22. The molecule has 1 aromatic carbocycles. The number of aliphatic hydroxyl groups excluding tert-OH is 1. The minimum absolute atomic E-state index is 0.357. The molecule has 0 fully saturated rings. The van der Waals surface area contributed by atoms with Crippen molar-refractivity contribution in [2.45, 2.75) is 26.4 Å². The second-order valence-corrected chi connectivity index (χ2v) is 4.47. The van der Waals surface area contributed by atoms with Crippen molar-refractivity contribution in [2.75, 3.05) is 13.2 Å². The topological polar surface area (TPSA) is 29.5 Å². The zero-order valence-electron chi connectivity index (χ0n) is 9.16. The molecule has 1 rings (SSSR count). The Morgan fingerprint density at radius 3 is 2.87 bits per heavy atom. The first-order chi connectivity index (χ1) is 7.15. The number of benzene rings is 1. The smallest absolute Gasteiger partial charge is 0.103 e. The Balaban J connectivity index is 2.64. The van der Waals surface area contributed by atoms with E-state index >= 15 is 0 Å². The van der Waals surface area contributed by atoms with Gasteiger partial charge in [0.2, 0.25) is 0 Å². The fraction of sp³-hybridized carbons (Fsp3) is 0.500. The van der Waals surface area contributed by atoms with Crippen LogP contribution in [0.3, 0.4) is 0 Å². The molecule has 0 amide bonds. The van der Waals surface area contributed by atoms with Gasteiger partial charge < -0.3 is 9.84 Å². The van der Waals surface area contributed by atoms with Gasteiger partial charge in [0, 0.05) is 11.1 Å². The van der Waals surface area contributed by atoms with Crippen LogP contribution in [0.4, 0.5) is 0 Å². The molecule has 0 saturated heterocycles. The van der Waals surface area contributed by atoms with Crippen LogP contribution >= 0.6 is 15.9 Å². The van der Waals surface area contributed by atoms with Crippen LogP contribution in [-0.2, 0) is 4.74 Å². The number of hydrogen-bond acceptors (Lipinski definition) is 2. The average molecular weight is 273 g/mol. The monoisotopic (exact) mass is 272 g/mol. The lowest BCUT2D eigenvalue weighted by Gasteiger charge is -2.13. The highest BCUT2D eigenvalue weighted by Crippen LogP contribution is 2.24. The maximum atomic E-state index is 9.90. The quantitative estimate of drug-likeness (QED) is 0.835. The normalized spacial score (nSPS) is 12.8. The minimum atomic E-state index is -0.550. The van der Waals surface area contributed by atoms with E-state index in [9.17, 15) is 5.11 Å². The summed E-state index contributed by atoms with van der Waals surface area (Å²) in [6.07, 6.45) is 0.424. The molecular weight excluding hydrogens is 256 g/mol. The van der Waals surface area contributed by atoms with Crippen LogP contribution < -0.4 is 0 Å². The Morgan fingerprint density at radius 2 is 2.20 bits per heavy atom. The molecule has 0 heterocycles. The summed E-state index contributed by atoms with van der Waals surface area (Å²) in [6.45, 7) is 5.11. The molecule has 0 aliphatic rings. The second-order valence-electron chi connectivity index (χ2n) is 3.62. The van der Waals surface area contributed by atoms with Gasteiger partial charge in [-0.3, -0.25) is 0 Å². The van der Waals surface area contributed by atoms with E-state index < -0.39 is 6.10 Å². The standard InChI is InChI=1S/C12H17BrO2/c1-3-6-15-8-12(14)10-7-9(2)4-5-11(10)13/h4-5,7,12,14H,3,6,8H2,1-2H3. The van der Waals surface area contributed by atoms with E-state index in [2.05, 4.69) is 22.9 Å². The average Bonchev–Trinajstić information content (AvgIpc) is 2.22. The number of hydrogen-bond donors (Lipinski definition) is 1. The van der Waals surface area contributed by atoms with Gasteiger partial charge >= 0.3 is 0 Å². The van der Waals surface area contributed by atoms with E-state index in [1.165, 1.54) is 0 Å². The highest BCUT2D eigenvalue weighted by atomic mass is 79.9. The van der Waals surface area contributed by atoms with Gasteiger partial charge in [0.15, 0.2) is 0 Å². The summed E-state index contributed by atoms with van der Waals surface area (Å²) < 4.78 is 6.25. The number of aliphatic hydroxyl groups is 1. The van der Waals surface area contributed by atoms with Crippen molar-refractivity contribution in [1.82, 2.24) is 0 Å². The molecule has 0 radical (unpaired) electrons. The molecule has 0 spiro atoms. The highest BCUT2D eigenvalue weighted by molar-refractivity contribution is 9.10. The highest BCUT2D eigenvalue weighted by Gasteiger charge is 2.11. The Hall–Kier alpha value is -0.380. The summed E-state index contributed by atoms with van der Waals surface area (Å²) in [5.41, 5.74) is 2.04. The Morgan fingerprint density at radius 1 is 1.47 bits per heavy atom. The molecule has 3 heteroatoms. The third kappa shape index (κ3) is 3.93. The number of rotatable bonds is 5. The molecule has 84 valence electrons. The Bertz CT molecular complexity index is 312. The minimum Gasteiger partial charge on any atom is -0.386 e. The third-order valence-corrected chi connectivity index (χ3v) is 2.86. The van der Waals surface area contributed by atoms with E-state index in [0.29, 0.717) is 13.2 Å². The van der Waals surface area contributed by atoms with Gasteiger partial charge in [0.25, 0.3) is 0 Å². The van der Waals surface area contributed by atoms with E-state index in [1.807, 2.05) is 25.1 Å². The first kappa shape index (κ1) is 12.7. The second kappa shape index (κ2) is 6.26. The van der Waals surface area contributed by atoms with Gasteiger partial charge in [-0.25, -0.2) is 0 Å². The first-order valence-electron chi connectivity index (χ1n) is 5.17. The molecule has 15 heavy (non-hydrogen) atoms. The maximum absolute atomic E-state index is 9.90. The van der Waals surface area contributed by atoms with E-state index in [0.717, 1.165) is 22.0 Å². The molecule has 0 aliphatic carbocycles. The Kier molecular flexibility index (Phi) is 5.29. The molecule has 0 saturated carbocycles. The summed E-state index contributed by atoms with van der Waals surface area (Å²) in [6, 6.07) is 5.94. The summed E-state index contributed by atoms with van der Waals surface area (Å²) in [7, 11) is 0. The lowest BCUT2D eigenvalue weighted by Crippen LogP contribution is -2.08. The molecular formula is C12H17BrO2. The molecule has 0 aromatic heterocycles. The molecule has 1 atom stereocenters. The van der Waals surface area contributed by atoms with E-state index in [1.54, 1.807) is 0 Å². The molecule has 0 aliphatic heterocycles. The van der Waals surface area contributed by atoms with Crippen LogP contribution in [0.5, 0.6) is 0 Å². The molecule has 2 nitrogen and oxygen atoms in total. The molecule has 1 aromatic rings. The van der Waals surface area contributed by atoms with Crippen molar-refractivity contribution in [3.05, 3.63) is 33.8 Å². The van der Waals surface area contributed by atoms with Crippen molar-refractivity contribution in [3.63, 3.8) is 0 Å². The zero-order valence-corrected chi connectivity index (χ0v) is 10.8. The SMILES string of the molecule is CCCOCC(O)c1cc(C)ccc1Br. The van der Waals surface area contributed by atoms with Gasteiger partial charge in [-0.2, -0.15) is 0 Å². The number of ether oxygens (including phenoxy) is 1. The molecule has 0 bridgehead atoms. The summed E-state index contributed by atoms with van der Waals surface area (Å²) >= 11 is 3.42. The van der Waals surface area contributed by atoms with Crippen LogP contribution in [0, 0.1) is 6.92 Å². The lowest BCUT2D eigenvalue weighted by molar-refractivity contribution is 0.0360. The van der Waals surface area contributed by atoms with Crippen LogP contribution in [-0.4, -0.2) is 18.3 Å². The maximum Gasteiger partial charge on any atom is 0.103 e. The third-order valence-electron chi connectivity index (χ3n) is 2.13. The summed E-state index contributed by atoms with van der Waals surface area (Å²) in [5, 5.41) is 9.90. The van der Waals surface area contributed by atoms with Crippen molar-refractivity contribution < 1.29 is 9.84 Å². The molecule has 1 N–H and O–H groups in total. The number of aryl methyl sites for hydroxylation is 1. The van der Waals surface area contributed by atoms with Gasteiger partial charge in [0.05, 0.1) is 6.61 Å². The van der Waals surface area contributed by atoms with E-state index in [-0.39, 0.29) is 0 Å². The van der Waals surface area contributed by atoms with E-state index in [4.69, 9.17) is 4.74 Å². The molecule has 1 unspecified atom stereocenters. The van der Waals surface area contributed by atoms with Gasteiger partial charge in [-0.15, -0.1) is 0 Å². The predicted molar refractivity (Wildman–Crippen MR) is 64.9 cm³/mol. The van der Waals surface area contributed by atoms with Crippen LogP contribution in [0.25, 0.3) is 0 Å². The van der Waals surface area contributed by atoms with Gasteiger partial charge in [-0.05, 0) is 25.0 Å². The summed E-state index contributed by atoms with van der Waals surface area (Å²) in [4.78, 5) is 0. The lowest BCUT2D eigenvalue weighted by atomic mass is 10.1. The zero-order chi connectivity index (χ0) is 11.3. The van der Waals surface area contributed by atoms with Crippen molar-refractivity contribution in [2.24, 2.45) is 0 Å². The fourth-order valence-electron chi connectivity index (χ4n) is 1.35. The van der Waals surface area contributed by atoms with Crippen LogP contribution in [0.2, 0.25) is 0 Å². The van der Waals surface area contributed by atoms with Crippen molar-refractivity contribution in [1.29, 1.82) is 0 Å². The van der Waals surface area contributed by atoms with Crippen molar-refractivity contribution >= 4 is 15.9 Å². The van der Waals surface area contributed by atoms with Crippen LogP contribution in [0.15, 0.2) is 22.7 Å².